The number of hydrogen-bond acceptors (Lipinski definition) is 4. The number of nitrogens with zero attached hydrogens (tertiary/aromatic N) is 3. The molecule has 1 aliphatic heterocycles. The van der Waals surface area contributed by atoms with Gasteiger partial charge in [-0.15, -0.1) is 0 Å². The first kappa shape index (κ1) is 20.6. The van der Waals surface area contributed by atoms with Crippen LogP contribution < -0.4 is 5.32 Å². The van der Waals surface area contributed by atoms with E-state index in [9.17, 15) is 10.1 Å². The van der Waals surface area contributed by atoms with Crippen molar-refractivity contribution in [3.63, 3.8) is 0 Å². The summed E-state index contributed by atoms with van der Waals surface area (Å²) in [5, 5.41) is 12.5. The Hall–Kier alpha value is -2.68. The summed E-state index contributed by atoms with van der Waals surface area (Å²) in [6, 6.07) is 23.8. The molecule has 1 saturated carbocycles. The minimum Gasteiger partial charge on any atom is -0.337 e. The topological polar surface area (TPSA) is 59.4 Å². The zero-order valence-corrected chi connectivity index (χ0v) is 17.6. The van der Waals surface area contributed by atoms with Gasteiger partial charge in [-0.3, -0.25) is 14.6 Å². The van der Waals surface area contributed by atoms with Crippen molar-refractivity contribution in [3.8, 4) is 6.07 Å². The second kappa shape index (κ2) is 8.99. The lowest BCUT2D eigenvalue weighted by Gasteiger charge is -2.39. The molecule has 0 radical (unpaired) electrons. The molecule has 0 aromatic heterocycles. The first-order chi connectivity index (χ1) is 14.6. The molecular formula is C25H30N4O. The molecule has 5 heteroatoms. The Labute approximate surface area is 179 Å². The van der Waals surface area contributed by atoms with E-state index in [1.807, 2.05) is 6.92 Å². The summed E-state index contributed by atoms with van der Waals surface area (Å²) in [6.45, 7) is 5.70. The molecule has 2 aliphatic rings. The van der Waals surface area contributed by atoms with Gasteiger partial charge in [-0.2, -0.15) is 5.26 Å². The molecule has 30 heavy (non-hydrogen) atoms. The van der Waals surface area contributed by atoms with E-state index < -0.39 is 5.54 Å². The minimum absolute atomic E-state index is 0.0398. The van der Waals surface area contributed by atoms with Gasteiger partial charge in [0, 0.05) is 26.2 Å². The molecule has 156 valence electrons. The second-order valence-electron chi connectivity index (χ2n) is 8.67. The van der Waals surface area contributed by atoms with Crippen LogP contribution in [0, 0.1) is 17.2 Å². The fourth-order valence-corrected chi connectivity index (χ4v) is 4.48. The Balaban J connectivity index is 1.38. The van der Waals surface area contributed by atoms with Gasteiger partial charge in [0.15, 0.2) is 0 Å². The summed E-state index contributed by atoms with van der Waals surface area (Å²) >= 11 is 0. The molecule has 2 aromatic rings. The van der Waals surface area contributed by atoms with Crippen LogP contribution in [-0.4, -0.2) is 54.0 Å². The first-order valence-corrected chi connectivity index (χ1v) is 10.9. The van der Waals surface area contributed by atoms with Crippen LogP contribution in [0.15, 0.2) is 60.7 Å². The molecule has 2 fully saturated rings. The molecule has 1 atom stereocenters. The van der Waals surface area contributed by atoms with Crippen molar-refractivity contribution in [2.45, 2.75) is 31.3 Å². The van der Waals surface area contributed by atoms with Gasteiger partial charge in [-0.1, -0.05) is 60.7 Å². The van der Waals surface area contributed by atoms with E-state index in [4.69, 9.17) is 0 Å². The maximum absolute atomic E-state index is 12.6. The van der Waals surface area contributed by atoms with E-state index >= 15 is 0 Å². The average molecular weight is 403 g/mol. The SMILES string of the molecule is CC(C#N)(NC(=O)CN1CCN(C(c2ccccc2)c2ccccc2)CC1)C1CC1. The monoisotopic (exact) mass is 402 g/mol. The smallest absolute Gasteiger partial charge is 0.235 e. The summed E-state index contributed by atoms with van der Waals surface area (Å²) in [4.78, 5) is 17.3. The van der Waals surface area contributed by atoms with Crippen molar-refractivity contribution in [3.05, 3.63) is 71.8 Å². The summed E-state index contributed by atoms with van der Waals surface area (Å²) in [5.41, 5.74) is 1.87. The predicted octanol–water partition coefficient (Wildman–Crippen LogP) is 3.20. The number of carbonyl (C=O) groups excluding carboxylic acids is 1. The van der Waals surface area contributed by atoms with Crippen molar-refractivity contribution in [2.24, 2.45) is 5.92 Å². The van der Waals surface area contributed by atoms with Gasteiger partial charge in [0.2, 0.25) is 5.91 Å². The molecule has 5 nitrogen and oxygen atoms in total. The van der Waals surface area contributed by atoms with Crippen LogP contribution in [-0.2, 0) is 4.79 Å². The molecule has 1 unspecified atom stereocenters. The highest BCUT2D eigenvalue weighted by molar-refractivity contribution is 5.79. The van der Waals surface area contributed by atoms with Crippen LogP contribution in [0.3, 0.4) is 0 Å². The molecule has 1 aliphatic carbocycles. The highest BCUT2D eigenvalue weighted by Crippen LogP contribution is 2.39. The molecule has 0 bridgehead atoms. The van der Waals surface area contributed by atoms with Gasteiger partial charge >= 0.3 is 0 Å². The van der Waals surface area contributed by atoms with Gasteiger partial charge in [0.05, 0.1) is 18.7 Å². The second-order valence-corrected chi connectivity index (χ2v) is 8.67. The molecule has 1 N–H and O–H groups in total. The van der Waals surface area contributed by atoms with E-state index in [-0.39, 0.29) is 11.9 Å². The molecular weight excluding hydrogens is 372 g/mol. The number of benzene rings is 2. The number of hydrogen-bond donors (Lipinski definition) is 1. The van der Waals surface area contributed by atoms with Crippen LogP contribution in [0.5, 0.6) is 0 Å². The Morgan fingerprint density at radius 2 is 1.57 bits per heavy atom. The number of nitriles is 1. The van der Waals surface area contributed by atoms with Crippen molar-refractivity contribution >= 4 is 5.91 Å². The van der Waals surface area contributed by atoms with Crippen LogP contribution >= 0.6 is 0 Å². The maximum atomic E-state index is 12.6. The number of carbonyl (C=O) groups is 1. The zero-order chi connectivity index (χ0) is 21.0. The zero-order valence-electron chi connectivity index (χ0n) is 17.6. The van der Waals surface area contributed by atoms with E-state index in [0.29, 0.717) is 12.5 Å². The fraction of sp³-hybridized carbons (Fsp3) is 0.440. The molecule has 1 heterocycles. The van der Waals surface area contributed by atoms with Gasteiger partial charge in [0.1, 0.15) is 5.54 Å². The molecule has 1 amide bonds. The molecule has 2 aromatic carbocycles. The van der Waals surface area contributed by atoms with Crippen molar-refractivity contribution in [1.82, 2.24) is 15.1 Å². The third kappa shape index (κ3) is 4.72. The van der Waals surface area contributed by atoms with Gasteiger partial charge < -0.3 is 5.32 Å². The quantitative estimate of drug-likeness (QED) is 0.773. The Kier molecular flexibility index (Phi) is 6.17. The van der Waals surface area contributed by atoms with Gasteiger partial charge in [-0.25, -0.2) is 0 Å². The van der Waals surface area contributed by atoms with Crippen LogP contribution in [0.2, 0.25) is 0 Å². The van der Waals surface area contributed by atoms with Crippen LogP contribution in [0.4, 0.5) is 0 Å². The lowest BCUT2D eigenvalue weighted by molar-refractivity contribution is -0.124. The number of rotatable bonds is 7. The van der Waals surface area contributed by atoms with Gasteiger partial charge in [-0.05, 0) is 36.8 Å². The minimum atomic E-state index is -0.718. The standard InChI is InChI=1S/C25H30N4O/c1-25(19-26,22-12-13-22)27-23(30)18-28-14-16-29(17-15-28)24(20-8-4-2-5-9-20)21-10-6-3-7-11-21/h2-11,22,24H,12-18H2,1H3,(H,27,30). The number of amides is 1. The number of nitrogens with one attached hydrogen (secondary N) is 1. The maximum Gasteiger partial charge on any atom is 0.235 e. The van der Waals surface area contributed by atoms with Crippen LogP contribution in [0.1, 0.15) is 36.9 Å². The van der Waals surface area contributed by atoms with Crippen molar-refractivity contribution in [1.29, 1.82) is 5.26 Å². The Bertz CT molecular complexity index is 843. The van der Waals surface area contributed by atoms with Crippen LogP contribution in [0.25, 0.3) is 0 Å². The van der Waals surface area contributed by atoms with E-state index in [1.54, 1.807) is 0 Å². The first-order valence-electron chi connectivity index (χ1n) is 10.9. The van der Waals surface area contributed by atoms with E-state index in [0.717, 1.165) is 39.0 Å². The predicted molar refractivity (Wildman–Crippen MR) is 118 cm³/mol. The van der Waals surface area contributed by atoms with Crippen molar-refractivity contribution in [2.75, 3.05) is 32.7 Å². The van der Waals surface area contributed by atoms with Gasteiger partial charge in [0.25, 0.3) is 0 Å². The highest BCUT2D eigenvalue weighted by atomic mass is 16.2. The normalized spacial score (nSPS) is 19.8. The number of piperazine rings is 1. The highest BCUT2D eigenvalue weighted by Gasteiger charge is 2.43. The average Bonchev–Trinajstić information content (AvgIpc) is 3.63. The molecule has 1 saturated heterocycles. The Morgan fingerprint density at radius 3 is 2.03 bits per heavy atom. The third-order valence-corrected chi connectivity index (χ3v) is 6.40. The molecule has 0 spiro atoms. The summed E-state index contributed by atoms with van der Waals surface area (Å²) < 4.78 is 0. The largest absolute Gasteiger partial charge is 0.337 e. The van der Waals surface area contributed by atoms with E-state index in [2.05, 4.69) is 81.8 Å². The lowest BCUT2D eigenvalue weighted by atomic mass is 9.96. The molecule has 4 rings (SSSR count). The summed E-state index contributed by atoms with van der Waals surface area (Å²) in [5.74, 6) is 0.267. The fourth-order valence-electron chi connectivity index (χ4n) is 4.48. The lowest BCUT2D eigenvalue weighted by Crippen LogP contribution is -2.54. The van der Waals surface area contributed by atoms with E-state index in [1.165, 1.54) is 11.1 Å². The third-order valence-electron chi connectivity index (χ3n) is 6.40. The Morgan fingerprint density at radius 1 is 1.03 bits per heavy atom. The summed E-state index contributed by atoms with van der Waals surface area (Å²) in [7, 11) is 0. The van der Waals surface area contributed by atoms with Crippen molar-refractivity contribution < 1.29 is 4.79 Å². The summed E-state index contributed by atoms with van der Waals surface area (Å²) in [6.07, 6.45) is 2.06.